The van der Waals surface area contributed by atoms with E-state index in [1.165, 1.54) is 18.5 Å². The second-order valence-corrected chi connectivity index (χ2v) is 6.44. The quantitative estimate of drug-likeness (QED) is 0.746. The van der Waals surface area contributed by atoms with Crippen LogP contribution in [0.15, 0.2) is 18.5 Å². The van der Waals surface area contributed by atoms with Crippen LogP contribution in [0.5, 0.6) is 5.88 Å². The van der Waals surface area contributed by atoms with E-state index in [4.69, 9.17) is 9.47 Å². The molecule has 1 fully saturated rings. The molecule has 6 nitrogen and oxygen atoms in total. The van der Waals surface area contributed by atoms with Crippen molar-refractivity contribution in [1.82, 2.24) is 9.97 Å². The molecule has 27 heavy (non-hydrogen) atoms. The zero-order valence-electron chi connectivity index (χ0n) is 15.4. The van der Waals surface area contributed by atoms with Crippen molar-refractivity contribution in [2.45, 2.75) is 33.0 Å². The maximum Gasteiger partial charge on any atom is 0.232 e. The highest BCUT2D eigenvalue weighted by Crippen LogP contribution is 2.34. The molecule has 2 unspecified atom stereocenters. The average Bonchev–Trinajstić information content (AvgIpc) is 2.64. The molecule has 2 aromatic rings. The number of ether oxygens (including phenoxy) is 2. The van der Waals surface area contributed by atoms with Gasteiger partial charge in [-0.2, -0.15) is 0 Å². The van der Waals surface area contributed by atoms with Crippen molar-refractivity contribution in [3.8, 4) is 17.1 Å². The number of aldehydes is 1. The molecule has 0 radical (unpaired) electrons. The lowest BCUT2D eigenvalue weighted by atomic mass is 10.0. The van der Waals surface area contributed by atoms with E-state index in [0.29, 0.717) is 26.0 Å². The van der Waals surface area contributed by atoms with Crippen molar-refractivity contribution in [1.29, 1.82) is 0 Å². The van der Waals surface area contributed by atoms with Crippen molar-refractivity contribution in [3.63, 3.8) is 0 Å². The van der Waals surface area contributed by atoms with E-state index in [-0.39, 0.29) is 40.6 Å². The van der Waals surface area contributed by atoms with E-state index in [0.717, 1.165) is 0 Å². The van der Waals surface area contributed by atoms with Gasteiger partial charge in [0.2, 0.25) is 5.88 Å². The average molecular weight is 377 g/mol. The minimum absolute atomic E-state index is 0.0489. The smallest absolute Gasteiger partial charge is 0.232 e. The number of hydrogen-bond acceptors (Lipinski definition) is 6. The number of rotatable bonds is 5. The first-order valence-electron chi connectivity index (χ1n) is 8.77. The molecule has 1 saturated heterocycles. The zero-order valence-corrected chi connectivity index (χ0v) is 15.4. The molecule has 3 rings (SSSR count). The van der Waals surface area contributed by atoms with Crippen LogP contribution >= 0.6 is 0 Å². The van der Waals surface area contributed by atoms with E-state index in [2.05, 4.69) is 9.97 Å². The third kappa shape index (κ3) is 3.90. The molecule has 0 saturated carbocycles. The van der Waals surface area contributed by atoms with Gasteiger partial charge in [0.15, 0.2) is 17.9 Å². The van der Waals surface area contributed by atoms with E-state index >= 15 is 0 Å². The first-order chi connectivity index (χ1) is 12.9. The third-order valence-corrected chi connectivity index (χ3v) is 4.27. The SMILES string of the molecule is CCOc1cnc(-c2cc(C=O)c(N3CC(C)OC(C)C3)c(F)c2F)cn1. The Morgan fingerprint density at radius 2 is 1.93 bits per heavy atom. The van der Waals surface area contributed by atoms with Crippen molar-refractivity contribution in [3.05, 3.63) is 35.7 Å². The number of hydrogen-bond donors (Lipinski definition) is 0. The number of benzene rings is 1. The van der Waals surface area contributed by atoms with E-state index in [9.17, 15) is 13.6 Å². The van der Waals surface area contributed by atoms with Gasteiger partial charge in [-0.25, -0.2) is 18.7 Å². The highest BCUT2D eigenvalue weighted by Gasteiger charge is 2.29. The summed E-state index contributed by atoms with van der Waals surface area (Å²) in [5, 5.41) is 0. The highest BCUT2D eigenvalue weighted by atomic mass is 19.2. The Labute approximate surface area is 156 Å². The molecule has 0 amide bonds. The number of halogens is 2. The molecule has 144 valence electrons. The maximum absolute atomic E-state index is 14.9. The number of anilines is 1. The van der Waals surface area contributed by atoms with Crippen LogP contribution in [-0.2, 0) is 4.74 Å². The molecule has 2 heterocycles. The van der Waals surface area contributed by atoms with Gasteiger partial charge in [0.05, 0.1) is 42.6 Å². The Bertz CT molecular complexity index is 820. The van der Waals surface area contributed by atoms with Crippen LogP contribution in [0, 0.1) is 11.6 Å². The fourth-order valence-electron chi connectivity index (χ4n) is 3.27. The molecule has 1 aromatic carbocycles. The van der Waals surface area contributed by atoms with Crippen LogP contribution in [0.25, 0.3) is 11.3 Å². The summed E-state index contributed by atoms with van der Waals surface area (Å²) in [6.07, 6.45) is 2.82. The summed E-state index contributed by atoms with van der Waals surface area (Å²) in [4.78, 5) is 21.3. The topological polar surface area (TPSA) is 64.5 Å². The summed E-state index contributed by atoms with van der Waals surface area (Å²) in [6.45, 7) is 6.64. The summed E-state index contributed by atoms with van der Waals surface area (Å²) < 4.78 is 40.6. The summed E-state index contributed by atoms with van der Waals surface area (Å²) in [5.74, 6) is -1.86. The van der Waals surface area contributed by atoms with Gasteiger partial charge in [0.25, 0.3) is 0 Å². The summed E-state index contributed by atoms with van der Waals surface area (Å²) in [5.41, 5.74) is 0.00417. The van der Waals surface area contributed by atoms with E-state index < -0.39 is 11.6 Å². The third-order valence-electron chi connectivity index (χ3n) is 4.27. The van der Waals surface area contributed by atoms with Crippen LogP contribution in [-0.4, -0.2) is 48.2 Å². The molecule has 1 aliphatic heterocycles. The molecule has 0 spiro atoms. The lowest BCUT2D eigenvalue weighted by Crippen LogP contribution is -2.46. The van der Waals surface area contributed by atoms with Gasteiger partial charge in [0, 0.05) is 24.2 Å². The largest absolute Gasteiger partial charge is 0.477 e. The molecular formula is C19H21F2N3O3. The van der Waals surface area contributed by atoms with Crippen molar-refractivity contribution >= 4 is 12.0 Å². The predicted molar refractivity (Wildman–Crippen MR) is 96.2 cm³/mol. The van der Waals surface area contributed by atoms with Gasteiger partial charge in [-0.3, -0.25) is 4.79 Å². The van der Waals surface area contributed by atoms with Crippen molar-refractivity contribution < 1.29 is 23.0 Å². The second-order valence-electron chi connectivity index (χ2n) is 6.44. The Hall–Kier alpha value is -2.61. The van der Waals surface area contributed by atoms with Gasteiger partial charge < -0.3 is 14.4 Å². The normalized spacial score (nSPS) is 19.8. The lowest BCUT2D eigenvalue weighted by molar-refractivity contribution is -0.00546. The van der Waals surface area contributed by atoms with Crippen LogP contribution < -0.4 is 9.64 Å². The molecule has 2 atom stereocenters. The molecule has 1 aromatic heterocycles. The molecule has 0 bridgehead atoms. The Balaban J connectivity index is 2.03. The molecule has 0 aliphatic carbocycles. The monoisotopic (exact) mass is 377 g/mol. The minimum atomic E-state index is -1.08. The van der Waals surface area contributed by atoms with Crippen molar-refractivity contribution in [2.24, 2.45) is 0 Å². The number of carbonyl (C=O) groups is 1. The highest BCUT2D eigenvalue weighted by molar-refractivity contribution is 5.88. The lowest BCUT2D eigenvalue weighted by Gasteiger charge is -2.37. The number of nitrogens with zero attached hydrogens (tertiary/aromatic N) is 3. The minimum Gasteiger partial charge on any atom is -0.477 e. The molecular weight excluding hydrogens is 356 g/mol. The Kier molecular flexibility index (Phi) is 5.65. The number of carbonyl (C=O) groups excluding carboxylic acids is 1. The van der Waals surface area contributed by atoms with Crippen LogP contribution in [0.2, 0.25) is 0 Å². The van der Waals surface area contributed by atoms with E-state index in [1.54, 1.807) is 11.8 Å². The molecule has 0 N–H and O–H groups in total. The van der Waals surface area contributed by atoms with E-state index in [1.807, 2.05) is 13.8 Å². The fraction of sp³-hybridized carbons (Fsp3) is 0.421. The molecule has 8 heteroatoms. The van der Waals surface area contributed by atoms with Crippen LogP contribution in [0.1, 0.15) is 31.1 Å². The zero-order chi connectivity index (χ0) is 19.6. The van der Waals surface area contributed by atoms with Gasteiger partial charge in [0.1, 0.15) is 0 Å². The van der Waals surface area contributed by atoms with Gasteiger partial charge in [-0.15, -0.1) is 0 Å². The van der Waals surface area contributed by atoms with Gasteiger partial charge >= 0.3 is 0 Å². The maximum atomic E-state index is 14.9. The number of aromatic nitrogens is 2. The summed E-state index contributed by atoms with van der Waals surface area (Å²) in [7, 11) is 0. The Morgan fingerprint density at radius 3 is 2.48 bits per heavy atom. The Morgan fingerprint density at radius 1 is 1.22 bits per heavy atom. The van der Waals surface area contributed by atoms with Crippen molar-refractivity contribution in [2.75, 3.05) is 24.6 Å². The van der Waals surface area contributed by atoms with Gasteiger partial charge in [-0.1, -0.05) is 0 Å². The van der Waals surface area contributed by atoms with Crippen LogP contribution in [0.3, 0.4) is 0 Å². The fourth-order valence-corrected chi connectivity index (χ4v) is 3.27. The predicted octanol–water partition coefficient (Wildman–Crippen LogP) is 3.25. The summed E-state index contributed by atoms with van der Waals surface area (Å²) in [6, 6.07) is 1.30. The standard InChI is InChI=1S/C19H21F2N3O3/c1-4-26-16-7-22-15(6-23-16)14-5-13(10-25)19(18(21)17(14)20)24-8-11(2)27-12(3)9-24/h5-7,10-12H,4,8-9H2,1-3H3. The number of morpholine rings is 1. The summed E-state index contributed by atoms with van der Waals surface area (Å²) >= 11 is 0. The second kappa shape index (κ2) is 7.96. The molecule has 1 aliphatic rings. The first kappa shape index (κ1) is 19.2. The van der Waals surface area contributed by atoms with Crippen LogP contribution in [0.4, 0.5) is 14.5 Å². The van der Waals surface area contributed by atoms with Gasteiger partial charge in [-0.05, 0) is 26.8 Å². The first-order valence-corrected chi connectivity index (χ1v) is 8.77.